The third kappa shape index (κ3) is 4.39. The van der Waals surface area contributed by atoms with Crippen LogP contribution in [0.2, 0.25) is 5.04 Å². The van der Waals surface area contributed by atoms with Crippen LogP contribution in [0.4, 0.5) is 0 Å². The van der Waals surface area contributed by atoms with Gasteiger partial charge in [-0.3, -0.25) is 0 Å². The number of hydrogen-bond donors (Lipinski definition) is 0. The number of hydrogen-bond acceptors (Lipinski definition) is 2. The zero-order chi connectivity index (χ0) is 19.2. The van der Waals surface area contributed by atoms with E-state index in [4.69, 9.17) is 4.43 Å². The molecule has 0 aliphatic rings. The van der Waals surface area contributed by atoms with Gasteiger partial charge in [0, 0.05) is 25.5 Å². The third-order valence-electron chi connectivity index (χ3n) is 5.11. The molecule has 3 aromatic rings. The van der Waals surface area contributed by atoms with Gasteiger partial charge in [-0.25, -0.2) is 4.98 Å². The lowest BCUT2D eigenvalue weighted by atomic mass is 10.2. The fourth-order valence-electron chi connectivity index (χ4n) is 3.80. The molecule has 0 aliphatic carbocycles. The zero-order valence-electron chi connectivity index (χ0n) is 16.6. The van der Waals surface area contributed by atoms with E-state index in [0.717, 1.165) is 26.0 Å². The molecular formula is C23H30N2OSi. The van der Waals surface area contributed by atoms with Crippen LogP contribution in [0.5, 0.6) is 0 Å². The van der Waals surface area contributed by atoms with Crippen molar-refractivity contribution in [1.82, 2.24) is 9.55 Å². The van der Waals surface area contributed by atoms with E-state index in [-0.39, 0.29) is 5.04 Å². The molecule has 0 atom stereocenters. The molecule has 4 heteroatoms. The Bertz CT molecular complexity index is 756. The average molecular weight is 379 g/mol. The van der Waals surface area contributed by atoms with Gasteiger partial charge in [0.2, 0.25) is 0 Å². The summed E-state index contributed by atoms with van der Waals surface area (Å²) in [4.78, 5) is 4.11. The Morgan fingerprint density at radius 1 is 0.889 bits per heavy atom. The van der Waals surface area contributed by atoms with Crippen molar-refractivity contribution in [3.8, 4) is 0 Å². The Morgan fingerprint density at radius 2 is 1.48 bits per heavy atom. The highest BCUT2D eigenvalue weighted by Crippen LogP contribution is 2.36. The van der Waals surface area contributed by atoms with Crippen LogP contribution in [-0.4, -0.2) is 24.5 Å². The number of benzene rings is 2. The van der Waals surface area contributed by atoms with Gasteiger partial charge < -0.3 is 8.99 Å². The van der Waals surface area contributed by atoms with E-state index in [1.54, 1.807) is 0 Å². The molecule has 0 aliphatic heterocycles. The van der Waals surface area contributed by atoms with Crippen LogP contribution in [0.3, 0.4) is 0 Å². The van der Waals surface area contributed by atoms with Crippen molar-refractivity contribution in [2.24, 2.45) is 0 Å². The molecule has 27 heavy (non-hydrogen) atoms. The SMILES string of the molecule is CC(C)(C)[Si](OCCCCn1ccnc1)(c1ccccc1)c1ccccc1. The number of aromatic nitrogens is 2. The van der Waals surface area contributed by atoms with Crippen LogP contribution >= 0.6 is 0 Å². The number of imidazole rings is 1. The van der Waals surface area contributed by atoms with Gasteiger partial charge in [0.15, 0.2) is 0 Å². The molecule has 0 bridgehead atoms. The van der Waals surface area contributed by atoms with E-state index in [1.165, 1.54) is 10.4 Å². The Hall–Kier alpha value is -2.17. The highest BCUT2D eigenvalue weighted by Gasteiger charge is 2.49. The molecular weight excluding hydrogens is 348 g/mol. The summed E-state index contributed by atoms with van der Waals surface area (Å²) in [6.45, 7) is 8.74. The smallest absolute Gasteiger partial charge is 0.261 e. The average Bonchev–Trinajstić information content (AvgIpc) is 3.19. The topological polar surface area (TPSA) is 27.1 Å². The largest absolute Gasteiger partial charge is 0.407 e. The fourth-order valence-corrected chi connectivity index (χ4v) is 8.41. The van der Waals surface area contributed by atoms with Gasteiger partial charge in [-0.15, -0.1) is 0 Å². The van der Waals surface area contributed by atoms with Gasteiger partial charge in [-0.2, -0.15) is 0 Å². The highest BCUT2D eigenvalue weighted by atomic mass is 28.4. The summed E-state index contributed by atoms with van der Waals surface area (Å²) in [7, 11) is -2.38. The molecule has 0 saturated carbocycles. The van der Waals surface area contributed by atoms with Crippen molar-refractivity contribution in [2.45, 2.75) is 45.2 Å². The van der Waals surface area contributed by atoms with Gasteiger partial charge in [0.1, 0.15) is 0 Å². The fraction of sp³-hybridized carbons (Fsp3) is 0.348. The number of rotatable bonds is 8. The number of nitrogens with zero attached hydrogens (tertiary/aromatic N) is 2. The van der Waals surface area contributed by atoms with Crippen molar-refractivity contribution >= 4 is 18.7 Å². The molecule has 0 amide bonds. The van der Waals surface area contributed by atoms with E-state index < -0.39 is 8.32 Å². The molecule has 142 valence electrons. The summed E-state index contributed by atoms with van der Waals surface area (Å²) in [6.07, 6.45) is 7.86. The normalized spacial score (nSPS) is 12.3. The maximum absolute atomic E-state index is 6.90. The van der Waals surface area contributed by atoms with E-state index in [2.05, 4.69) is 91.0 Å². The van der Waals surface area contributed by atoms with Crippen molar-refractivity contribution in [3.63, 3.8) is 0 Å². The van der Waals surface area contributed by atoms with E-state index in [1.807, 2.05) is 18.7 Å². The number of aryl methyl sites for hydroxylation is 1. The highest BCUT2D eigenvalue weighted by molar-refractivity contribution is 6.99. The summed E-state index contributed by atoms with van der Waals surface area (Å²) in [5.41, 5.74) is 0. The molecule has 0 radical (unpaired) electrons. The van der Waals surface area contributed by atoms with Crippen molar-refractivity contribution < 1.29 is 4.43 Å². The Kier molecular flexibility index (Phi) is 6.29. The number of unbranched alkanes of at least 4 members (excludes halogenated alkanes) is 1. The molecule has 0 saturated heterocycles. The van der Waals surface area contributed by atoms with Crippen LogP contribution in [0.15, 0.2) is 79.4 Å². The van der Waals surface area contributed by atoms with Gasteiger partial charge in [0.05, 0.1) is 6.33 Å². The third-order valence-corrected chi connectivity index (χ3v) is 10.1. The predicted molar refractivity (Wildman–Crippen MR) is 115 cm³/mol. The minimum atomic E-state index is -2.38. The molecule has 1 aromatic heterocycles. The Balaban J connectivity index is 1.83. The monoisotopic (exact) mass is 378 g/mol. The first-order valence-electron chi connectivity index (χ1n) is 9.75. The first-order chi connectivity index (χ1) is 13.0. The predicted octanol–water partition coefficient (Wildman–Crippen LogP) is 4.24. The standard InChI is InChI=1S/C23H30N2OSi/c1-23(2,3)27(21-12-6-4-7-13-21,22-14-8-5-9-15-22)26-19-11-10-17-25-18-16-24-20-25/h4-9,12-16,18,20H,10-11,17,19H2,1-3H3. The minimum Gasteiger partial charge on any atom is -0.407 e. The van der Waals surface area contributed by atoms with Gasteiger partial charge in [0.25, 0.3) is 8.32 Å². The summed E-state index contributed by atoms with van der Waals surface area (Å²) >= 11 is 0. The lowest BCUT2D eigenvalue weighted by molar-refractivity contribution is 0.285. The van der Waals surface area contributed by atoms with Gasteiger partial charge in [-0.1, -0.05) is 81.4 Å². The van der Waals surface area contributed by atoms with Crippen LogP contribution in [-0.2, 0) is 11.0 Å². The molecule has 0 N–H and O–H groups in total. The Morgan fingerprint density at radius 3 is 1.96 bits per heavy atom. The van der Waals surface area contributed by atoms with Gasteiger partial charge in [-0.05, 0) is 28.3 Å². The molecule has 0 spiro atoms. The van der Waals surface area contributed by atoms with E-state index in [9.17, 15) is 0 Å². The van der Waals surface area contributed by atoms with E-state index >= 15 is 0 Å². The molecule has 2 aromatic carbocycles. The lowest BCUT2D eigenvalue weighted by Gasteiger charge is -2.43. The lowest BCUT2D eigenvalue weighted by Crippen LogP contribution is -2.66. The van der Waals surface area contributed by atoms with Crippen LogP contribution in [0, 0.1) is 0 Å². The van der Waals surface area contributed by atoms with Crippen molar-refractivity contribution in [2.75, 3.05) is 6.61 Å². The maximum Gasteiger partial charge on any atom is 0.261 e. The molecule has 3 nitrogen and oxygen atoms in total. The first kappa shape index (κ1) is 19.6. The molecule has 0 fully saturated rings. The molecule has 3 rings (SSSR count). The second kappa shape index (κ2) is 8.68. The Labute approximate surface area is 164 Å². The van der Waals surface area contributed by atoms with Gasteiger partial charge >= 0.3 is 0 Å². The summed E-state index contributed by atoms with van der Waals surface area (Å²) in [6, 6.07) is 21.7. The summed E-state index contributed by atoms with van der Waals surface area (Å²) < 4.78 is 9.03. The maximum atomic E-state index is 6.90. The first-order valence-corrected chi connectivity index (χ1v) is 11.7. The summed E-state index contributed by atoms with van der Waals surface area (Å²) in [5, 5.41) is 2.73. The quantitative estimate of drug-likeness (QED) is 0.433. The zero-order valence-corrected chi connectivity index (χ0v) is 17.6. The van der Waals surface area contributed by atoms with Crippen LogP contribution in [0.25, 0.3) is 0 Å². The molecule has 0 unspecified atom stereocenters. The van der Waals surface area contributed by atoms with E-state index in [0.29, 0.717) is 0 Å². The molecule has 1 heterocycles. The second-order valence-corrected chi connectivity index (χ2v) is 12.3. The second-order valence-electron chi connectivity index (χ2n) is 8.02. The van der Waals surface area contributed by atoms with Crippen LogP contribution < -0.4 is 10.4 Å². The van der Waals surface area contributed by atoms with Crippen molar-refractivity contribution in [3.05, 3.63) is 79.4 Å². The van der Waals surface area contributed by atoms with Crippen LogP contribution in [0.1, 0.15) is 33.6 Å². The van der Waals surface area contributed by atoms with Crippen molar-refractivity contribution in [1.29, 1.82) is 0 Å². The summed E-state index contributed by atoms with van der Waals surface area (Å²) in [5.74, 6) is 0. The minimum absolute atomic E-state index is 0.0417.